The SMILES string of the molecule is CC(C)(C)N1C[C@@H](C(=O)O)[C@H](c2ccc3ccccc3c2)C1. The van der Waals surface area contributed by atoms with Gasteiger partial charge in [0, 0.05) is 24.5 Å². The third kappa shape index (κ3) is 2.73. The number of benzene rings is 2. The first-order valence-electron chi connectivity index (χ1n) is 7.83. The lowest BCUT2D eigenvalue weighted by molar-refractivity contribution is -0.141. The number of carbonyl (C=O) groups is 1. The highest BCUT2D eigenvalue weighted by Gasteiger charge is 2.42. The molecule has 3 nitrogen and oxygen atoms in total. The molecule has 0 saturated carbocycles. The number of likely N-dealkylation sites (tertiary alicyclic amines) is 1. The largest absolute Gasteiger partial charge is 0.481 e. The van der Waals surface area contributed by atoms with Crippen LogP contribution >= 0.6 is 0 Å². The van der Waals surface area contributed by atoms with E-state index >= 15 is 0 Å². The molecule has 1 fully saturated rings. The van der Waals surface area contributed by atoms with Crippen LogP contribution < -0.4 is 0 Å². The van der Waals surface area contributed by atoms with Gasteiger partial charge in [-0.1, -0.05) is 42.5 Å². The lowest BCUT2D eigenvalue weighted by Gasteiger charge is -2.31. The van der Waals surface area contributed by atoms with Crippen LogP contribution in [0.4, 0.5) is 0 Å². The maximum Gasteiger partial charge on any atom is 0.308 e. The van der Waals surface area contributed by atoms with Gasteiger partial charge in [0.25, 0.3) is 0 Å². The third-order valence-corrected chi connectivity index (χ3v) is 4.79. The van der Waals surface area contributed by atoms with E-state index in [1.807, 2.05) is 12.1 Å². The fourth-order valence-electron chi connectivity index (χ4n) is 3.38. The average Bonchev–Trinajstić information content (AvgIpc) is 2.92. The van der Waals surface area contributed by atoms with Crippen LogP contribution in [0.15, 0.2) is 42.5 Å². The van der Waals surface area contributed by atoms with Crippen LogP contribution in [0.5, 0.6) is 0 Å². The summed E-state index contributed by atoms with van der Waals surface area (Å²) in [5.74, 6) is -0.966. The normalized spacial score (nSPS) is 23.0. The summed E-state index contributed by atoms with van der Waals surface area (Å²) in [6.07, 6.45) is 0. The molecular formula is C19H23NO2. The second-order valence-electron chi connectivity index (χ2n) is 7.23. The van der Waals surface area contributed by atoms with Gasteiger partial charge < -0.3 is 5.11 Å². The van der Waals surface area contributed by atoms with E-state index in [4.69, 9.17) is 0 Å². The van der Waals surface area contributed by atoms with Gasteiger partial charge >= 0.3 is 5.97 Å². The number of carboxylic acids is 1. The fourth-order valence-corrected chi connectivity index (χ4v) is 3.38. The molecule has 2 atom stereocenters. The molecule has 1 N–H and O–H groups in total. The number of nitrogens with zero attached hydrogens (tertiary/aromatic N) is 1. The summed E-state index contributed by atoms with van der Waals surface area (Å²) in [6, 6.07) is 14.6. The topological polar surface area (TPSA) is 40.5 Å². The standard InChI is InChI=1S/C19H23NO2/c1-19(2,3)20-11-16(17(12-20)18(21)22)15-9-8-13-6-4-5-7-14(13)10-15/h4-10,16-17H,11-12H2,1-3H3,(H,21,22)/t16-,17+/m0/s1. The first kappa shape index (κ1) is 15.0. The van der Waals surface area contributed by atoms with Gasteiger partial charge in [-0.25, -0.2) is 0 Å². The monoisotopic (exact) mass is 297 g/mol. The highest BCUT2D eigenvalue weighted by atomic mass is 16.4. The molecule has 1 aliphatic heterocycles. The van der Waals surface area contributed by atoms with Gasteiger partial charge in [0.2, 0.25) is 0 Å². The molecule has 116 valence electrons. The minimum atomic E-state index is -0.690. The summed E-state index contributed by atoms with van der Waals surface area (Å²) in [7, 11) is 0. The smallest absolute Gasteiger partial charge is 0.308 e. The maximum atomic E-state index is 11.7. The summed E-state index contributed by atoms with van der Waals surface area (Å²) < 4.78 is 0. The highest BCUT2D eigenvalue weighted by molar-refractivity contribution is 5.83. The number of hydrogen-bond acceptors (Lipinski definition) is 2. The van der Waals surface area contributed by atoms with Gasteiger partial charge in [0.15, 0.2) is 0 Å². The van der Waals surface area contributed by atoms with Crippen LogP contribution in [0.2, 0.25) is 0 Å². The second kappa shape index (κ2) is 5.40. The van der Waals surface area contributed by atoms with Crippen molar-refractivity contribution in [3.8, 4) is 0 Å². The number of aliphatic carboxylic acids is 1. The Labute approximate surface area is 131 Å². The zero-order valence-corrected chi connectivity index (χ0v) is 13.4. The zero-order valence-electron chi connectivity index (χ0n) is 13.4. The van der Waals surface area contributed by atoms with Crippen LogP contribution in [0, 0.1) is 5.92 Å². The van der Waals surface area contributed by atoms with Gasteiger partial charge in [-0.05, 0) is 37.1 Å². The predicted octanol–water partition coefficient (Wildman–Crippen LogP) is 3.74. The predicted molar refractivity (Wildman–Crippen MR) is 89.1 cm³/mol. The molecule has 3 heteroatoms. The van der Waals surface area contributed by atoms with Gasteiger partial charge in [-0.15, -0.1) is 0 Å². The van der Waals surface area contributed by atoms with Crippen molar-refractivity contribution >= 4 is 16.7 Å². The Balaban J connectivity index is 1.97. The van der Waals surface area contributed by atoms with Crippen molar-refractivity contribution in [2.45, 2.75) is 32.2 Å². The van der Waals surface area contributed by atoms with E-state index < -0.39 is 5.97 Å². The van der Waals surface area contributed by atoms with Crippen molar-refractivity contribution in [3.63, 3.8) is 0 Å². The Kier molecular flexibility index (Phi) is 3.69. The van der Waals surface area contributed by atoms with Crippen LogP contribution in [0.3, 0.4) is 0 Å². The molecular weight excluding hydrogens is 274 g/mol. The first-order chi connectivity index (χ1) is 10.4. The maximum absolute atomic E-state index is 11.7. The summed E-state index contributed by atoms with van der Waals surface area (Å²) in [5, 5.41) is 12.0. The van der Waals surface area contributed by atoms with E-state index in [9.17, 15) is 9.90 Å². The molecule has 0 spiro atoms. The van der Waals surface area contributed by atoms with Crippen molar-refractivity contribution < 1.29 is 9.90 Å². The quantitative estimate of drug-likeness (QED) is 0.918. The van der Waals surface area contributed by atoms with Gasteiger partial charge in [-0.2, -0.15) is 0 Å². The fraction of sp³-hybridized carbons (Fsp3) is 0.421. The molecule has 1 aliphatic rings. The lowest BCUT2D eigenvalue weighted by atomic mass is 9.88. The van der Waals surface area contributed by atoms with Crippen molar-refractivity contribution in [1.29, 1.82) is 0 Å². The van der Waals surface area contributed by atoms with Crippen molar-refractivity contribution in [2.24, 2.45) is 5.92 Å². The Bertz CT molecular complexity index is 702. The minimum absolute atomic E-state index is 0.000696. The summed E-state index contributed by atoms with van der Waals surface area (Å²) in [4.78, 5) is 14.0. The molecule has 0 aliphatic carbocycles. The zero-order chi connectivity index (χ0) is 15.9. The first-order valence-corrected chi connectivity index (χ1v) is 7.83. The number of hydrogen-bond donors (Lipinski definition) is 1. The molecule has 2 aromatic rings. The average molecular weight is 297 g/mol. The van der Waals surface area contributed by atoms with E-state index in [1.165, 1.54) is 10.8 Å². The van der Waals surface area contributed by atoms with E-state index in [0.717, 1.165) is 12.1 Å². The number of carboxylic acid groups (broad SMARTS) is 1. The molecule has 0 aromatic heterocycles. The van der Waals surface area contributed by atoms with Crippen molar-refractivity contribution in [3.05, 3.63) is 48.0 Å². The van der Waals surface area contributed by atoms with Crippen LogP contribution in [-0.4, -0.2) is 34.6 Å². The molecule has 3 rings (SSSR count). The highest BCUT2D eigenvalue weighted by Crippen LogP contribution is 2.37. The molecule has 1 heterocycles. The number of rotatable bonds is 2. The van der Waals surface area contributed by atoms with Crippen LogP contribution in [0.1, 0.15) is 32.3 Å². The molecule has 2 aromatic carbocycles. The lowest BCUT2D eigenvalue weighted by Crippen LogP contribution is -2.40. The Morgan fingerprint density at radius 3 is 2.41 bits per heavy atom. The summed E-state index contributed by atoms with van der Waals surface area (Å²) >= 11 is 0. The Morgan fingerprint density at radius 2 is 1.77 bits per heavy atom. The number of fused-ring (bicyclic) bond motifs is 1. The molecule has 0 amide bonds. The van der Waals surface area contributed by atoms with E-state index in [2.05, 4.69) is 56.0 Å². The van der Waals surface area contributed by atoms with E-state index in [1.54, 1.807) is 0 Å². The van der Waals surface area contributed by atoms with E-state index in [0.29, 0.717) is 6.54 Å². The minimum Gasteiger partial charge on any atom is -0.481 e. The molecule has 1 saturated heterocycles. The van der Waals surface area contributed by atoms with Crippen molar-refractivity contribution in [2.75, 3.05) is 13.1 Å². The van der Waals surface area contributed by atoms with Gasteiger partial charge in [-0.3, -0.25) is 9.69 Å². The molecule has 0 bridgehead atoms. The molecule has 22 heavy (non-hydrogen) atoms. The second-order valence-corrected chi connectivity index (χ2v) is 7.23. The molecule has 0 radical (unpaired) electrons. The Morgan fingerprint density at radius 1 is 1.09 bits per heavy atom. The molecule has 0 unspecified atom stereocenters. The summed E-state index contributed by atoms with van der Waals surface area (Å²) in [5.41, 5.74) is 1.14. The van der Waals surface area contributed by atoms with Crippen LogP contribution in [0.25, 0.3) is 10.8 Å². The van der Waals surface area contributed by atoms with Crippen molar-refractivity contribution in [1.82, 2.24) is 4.90 Å². The third-order valence-electron chi connectivity index (χ3n) is 4.79. The van der Waals surface area contributed by atoms with E-state index in [-0.39, 0.29) is 17.4 Å². The van der Waals surface area contributed by atoms with Crippen LogP contribution in [-0.2, 0) is 4.79 Å². The summed E-state index contributed by atoms with van der Waals surface area (Å²) in [6.45, 7) is 7.87. The van der Waals surface area contributed by atoms with Gasteiger partial charge in [0.1, 0.15) is 0 Å². The Hall–Kier alpha value is -1.87. The van der Waals surface area contributed by atoms with Gasteiger partial charge in [0.05, 0.1) is 5.92 Å².